The molecule has 3 aromatic rings. The van der Waals surface area contributed by atoms with E-state index in [4.69, 9.17) is 0 Å². The fourth-order valence-electron chi connectivity index (χ4n) is 2.74. The van der Waals surface area contributed by atoms with Crippen LogP contribution in [-0.4, -0.2) is 9.78 Å². The predicted octanol–water partition coefficient (Wildman–Crippen LogP) is 4.26. The van der Waals surface area contributed by atoms with Crippen molar-refractivity contribution < 1.29 is 0 Å². The first-order valence-electron chi connectivity index (χ1n) is 7.56. The molecule has 22 heavy (non-hydrogen) atoms. The number of rotatable bonds is 3. The fraction of sp³-hybridized carbons (Fsp3) is 0.211. The maximum atomic E-state index is 13.0. The van der Waals surface area contributed by atoms with Crippen molar-refractivity contribution in [3.05, 3.63) is 76.2 Å². The Balaban J connectivity index is 2.28. The third kappa shape index (κ3) is 2.39. The van der Waals surface area contributed by atoms with Gasteiger partial charge in [0, 0.05) is 5.69 Å². The summed E-state index contributed by atoms with van der Waals surface area (Å²) >= 11 is 0. The van der Waals surface area contributed by atoms with E-state index < -0.39 is 0 Å². The van der Waals surface area contributed by atoms with Gasteiger partial charge >= 0.3 is 0 Å². The van der Waals surface area contributed by atoms with Crippen LogP contribution in [0.1, 0.15) is 31.0 Å². The summed E-state index contributed by atoms with van der Waals surface area (Å²) in [4.78, 5) is 13.0. The van der Waals surface area contributed by atoms with Crippen LogP contribution in [0, 0.1) is 6.92 Å². The molecule has 2 aromatic carbocycles. The van der Waals surface area contributed by atoms with E-state index >= 15 is 0 Å². The minimum atomic E-state index is 0.00389. The number of nitrogens with zero attached hydrogens (tertiary/aromatic N) is 1. The summed E-state index contributed by atoms with van der Waals surface area (Å²) in [5, 5.41) is 3.31. The quantitative estimate of drug-likeness (QED) is 0.769. The molecule has 0 aliphatic rings. The van der Waals surface area contributed by atoms with Crippen LogP contribution < -0.4 is 5.56 Å². The molecule has 1 N–H and O–H groups in total. The average Bonchev–Trinajstić information content (AvgIpc) is 2.86. The van der Waals surface area contributed by atoms with Gasteiger partial charge in [-0.1, -0.05) is 62.4 Å². The fourth-order valence-corrected chi connectivity index (χ4v) is 2.74. The Morgan fingerprint density at radius 3 is 2.23 bits per heavy atom. The van der Waals surface area contributed by atoms with Crippen LogP contribution in [0.25, 0.3) is 16.8 Å². The molecule has 0 fully saturated rings. The molecule has 0 radical (unpaired) electrons. The summed E-state index contributed by atoms with van der Waals surface area (Å²) in [6, 6.07) is 17.8. The molecule has 112 valence electrons. The molecule has 0 spiro atoms. The van der Waals surface area contributed by atoms with Gasteiger partial charge in [-0.05, 0) is 30.0 Å². The van der Waals surface area contributed by atoms with Gasteiger partial charge in [0.1, 0.15) is 0 Å². The third-order valence-electron chi connectivity index (χ3n) is 3.91. The van der Waals surface area contributed by atoms with Gasteiger partial charge in [-0.15, -0.1) is 0 Å². The number of aryl methyl sites for hydroxylation is 1. The van der Waals surface area contributed by atoms with Crippen LogP contribution in [0.2, 0.25) is 0 Å². The predicted molar refractivity (Wildman–Crippen MR) is 90.7 cm³/mol. The molecule has 0 aliphatic heterocycles. The largest absolute Gasteiger partial charge is 0.294 e. The van der Waals surface area contributed by atoms with Crippen molar-refractivity contribution >= 4 is 0 Å². The number of H-pyrrole nitrogens is 1. The van der Waals surface area contributed by atoms with E-state index in [1.165, 1.54) is 0 Å². The Labute approximate surface area is 130 Å². The minimum absolute atomic E-state index is 0.00389. The monoisotopic (exact) mass is 292 g/mol. The average molecular weight is 292 g/mol. The first-order chi connectivity index (χ1) is 10.6. The number of hydrogen-bond donors (Lipinski definition) is 1. The summed E-state index contributed by atoms with van der Waals surface area (Å²) in [6.07, 6.45) is 0. The molecular weight excluding hydrogens is 272 g/mol. The van der Waals surface area contributed by atoms with E-state index in [1.807, 2.05) is 61.5 Å². The van der Waals surface area contributed by atoms with Gasteiger partial charge in [-0.3, -0.25) is 9.89 Å². The van der Waals surface area contributed by atoms with E-state index in [0.717, 1.165) is 28.1 Å². The second-order valence-corrected chi connectivity index (χ2v) is 5.85. The third-order valence-corrected chi connectivity index (χ3v) is 3.91. The summed E-state index contributed by atoms with van der Waals surface area (Å²) in [7, 11) is 0. The number of nitrogens with one attached hydrogen (secondary N) is 1. The van der Waals surface area contributed by atoms with Crippen molar-refractivity contribution in [2.24, 2.45) is 0 Å². The number of benzene rings is 2. The smallest absolute Gasteiger partial charge is 0.279 e. The SMILES string of the molecule is Cc1ccccc1-n1[nH]c(C(C)C)c(-c2ccccc2)c1=O. The summed E-state index contributed by atoms with van der Waals surface area (Å²) in [6.45, 7) is 6.21. The second-order valence-electron chi connectivity index (χ2n) is 5.85. The Bertz CT molecular complexity index is 841. The Kier molecular flexibility index (Phi) is 3.72. The lowest BCUT2D eigenvalue weighted by Gasteiger charge is -2.06. The maximum absolute atomic E-state index is 13.0. The van der Waals surface area contributed by atoms with E-state index in [9.17, 15) is 4.79 Å². The molecule has 3 nitrogen and oxygen atoms in total. The van der Waals surface area contributed by atoms with Crippen molar-refractivity contribution in [3.63, 3.8) is 0 Å². The maximum Gasteiger partial charge on any atom is 0.279 e. The van der Waals surface area contributed by atoms with Crippen LogP contribution in [0.15, 0.2) is 59.4 Å². The first kappa shape index (κ1) is 14.4. The lowest BCUT2D eigenvalue weighted by molar-refractivity contribution is 0.758. The zero-order valence-corrected chi connectivity index (χ0v) is 13.1. The standard InChI is InChI=1S/C19H20N2O/c1-13(2)18-17(15-10-5-4-6-11-15)19(22)21(20-18)16-12-8-7-9-14(16)3/h4-13,20H,1-3H3. The lowest BCUT2D eigenvalue weighted by Crippen LogP contribution is -2.16. The molecule has 0 bridgehead atoms. The summed E-state index contributed by atoms with van der Waals surface area (Å²) in [5.41, 5.74) is 4.67. The Hall–Kier alpha value is -2.55. The molecule has 3 heteroatoms. The Morgan fingerprint density at radius 1 is 0.955 bits per heavy atom. The van der Waals surface area contributed by atoms with Crippen LogP contribution >= 0.6 is 0 Å². The lowest BCUT2D eigenvalue weighted by atomic mass is 10.00. The molecule has 0 unspecified atom stereocenters. The van der Waals surface area contributed by atoms with Crippen LogP contribution in [-0.2, 0) is 0 Å². The molecule has 1 aromatic heterocycles. The van der Waals surface area contributed by atoms with Gasteiger partial charge in [0.15, 0.2) is 0 Å². The van der Waals surface area contributed by atoms with Crippen molar-refractivity contribution in [2.75, 3.05) is 0 Å². The van der Waals surface area contributed by atoms with Crippen molar-refractivity contribution in [1.82, 2.24) is 9.78 Å². The molecule has 0 amide bonds. The molecule has 1 heterocycles. The second kappa shape index (κ2) is 5.68. The van der Waals surface area contributed by atoms with Crippen LogP contribution in [0.5, 0.6) is 0 Å². The number of aromatic amines is 1. The van der Waals surface area contributed by atoms with Gasteiger partial charge in [0.25, 0.3) is 5.56 Å². The highest BCUT2D eigenvalue weighted by Crippen LogP contribution is 2.26. The minimum Gasteiger partial charge on any atom is -0.294 e. The molecule has 0 aliphatic carbocycles. The summed E-state index contributed by atoms with van der Waals surface area (Å²) in [5.74, 6) is 0.244. The zero-order chi connectivity index (χ0) is 15.7. The van der Waals surface area contributed by atoms with E-state index in [-0.39, 0.29) is 11.5 Å². The molecule has 0 saturated carbocycles. The van der Waals surface area contributed by atoms with Crippen molar-refractivity contribution in [1.29, 1.82) is 0 Å². The van der Waals surface area contributed by atoms with Gasteiger partial charge in [0.2, 0.25) is 0 Å². The van der Waals surface area contributed by atoms with Crippen LogP contribution in [0.3, 0.4) is 0 Å². The Morgan fingerprint density at radius 2 is 1.59 bits per heavy atom. The van der Waals surface area contributed by atoms with E-state index in [2.05, 4.69) is 18.9 Å². The summed E-state index contributed by atoms with van der Waals surface area (Å²) < 4.78 is 1.66. The highest BCUT2D eigenvalue weighted by Gasteiger charge is 2.19. The van der Waals surface area contributed by atoms with Gasteiger partial charge in [-0.25, -0.2) is 4.68 Å². The zero-order valence-electron chi connectivity index (χ0n) is 13.1. The topological polar surface area (TPSA) is 37.8 Å². The number of aromatic nitrogens is 2. The van der Waals surface area contributed by atoms with Gasteiger partial charge in [0.05, 0.1) is 11.3 Å². The van der Waals surface area contributed by atoms with E-state index in [0.29, 0.717) is 0 Å². The highest BCUT2D eigenvalue weighted by atomic mass is 16.1. The van der Waals surface area contributed by atoms with Gasteiger partial charge < -0.3 is 0 Å². The van der Waals surface area contributed by atoms with Gasteiger partial charge in [-0.2, -0.15) is 0 Å². The van der Waals surface area contributed by atoms with E-state index in [1.54, 1.807) is 4.68 Å². The molecule has 0 saturated heterocycles. The van der Waals surface area contributed by atoms with Crippen molar-refractivity contribution in [2.45, 2.75) is 26.7 Å². The normalized spacial score (nSPS) is 11.1. The highest BCUT2D eigenvalue weighted by molar-refractivity contribution is 5.66. The van der Waals surface area contributed by atoms with Crippen molar-refractivity contribution in [3.8, 4) is 16.8 Å². The molecular formula is C19H20N2O. The molecule has 3 rings (SSSR count). The first-order valence-corrected chi connectivity index (χ1v) is 7.56. The number of hydrogen-bond acceptors (Lipinski definition) is 1. The number of para-hydroxylation sites is 1. The molecule has 0 atom stereocenters. The van der Waals surface area contributed by atoms with Crippen LogP contribution in [0.4, 0.5) is 0 Å².